The third-order valence-electron chi connectivity index (χ3n) is 2.17. The number of nitrogens with zero attached hydrogens (tertiary/aromatic N) is 1. The van der Waals surface area contributed by atoms with Crippen LogP contribution in [0.15, 0.2) is 0 Å². The second-order valence-electron chi connectivity index (χ2n) is 5.26. The molecule has 0 aromatic heterocycles. The lowest BCUT2D eigenvalue weighted by Crippen LogP contribution is -2.41. The zero-order valence-corrected chi connectivity index (χ0v) is 13.4. The summed E-state index contributed by atoms with van der Waals surface area (Å²) in [6.07, 6.45) is -0.674. The summed E-state index contributed by atoms with van der Waals surface area (Å²) in [7, 11) is 0. The van der Waals surface area contributed by atoms with Crippen molar-refractivity contribution in [2.24, 2.45) is 0 Å². The summed E-state index contributed by atoms with van der Waals surface area (Å²) in [5.74, 6) is -0.984. The van der Waals surface area contributed by atoms with E-state index in [4.69, 9.17) is 14.2 Å². The average molecular weight is 303 g/mol. The number of carbonyl (C=O) groups excluding carboxylic acids is 3. The second kappa shape index (κ2) is 9.20. The summed E-state index contributed by atoms with van der Waals surface area (Å²) in [4.78, 5) is 36.0. The van der Waals surface area contributed by atoms with Crippen LogP contribution in [0.5, 0.6) is 0 Å². The monoisotopic (exact) mass is 303 g/mol. The molecule has 0 unspecified atom stereocenters. The van der Waals surface area contributed by atoms with Crippen LogP contribution in [0.3, 0.4) is 0 Å². The summed E-state index contributed by atoms with van der Waals surface area (Å²) in [5, 5.41) is 0. The van der Waals surface area contributed by atoms with E-state index in [0.29, 0.717) is 0 Å². The van der Waals surface area contributed by atoms with Crippen LogP contribution in [0.1, 0.15) is 41.0 Å². The predicted octanol–water partition coefficient (Wildman–Crippen LogP) is 1.74. The average Bonchev–Trinajstić information content (AvgIpc) is 2.32. The first-order valence-corrected chi connectivity index (χ1v) is 6.98. The fourth-order valence-corrected chi connectivity index (χ4v) is 1.38. The van der Waals surface area contributed by atoms with Crippen LogP contribution < -0.4 is 0 Å². The van der Waals surface area contributed by atoms with Crippen LogP contribution in [0.2, 0.25) is 0 Å². The molecule has 0 saturated heterocycles. The molecule has 7 nitrogen and oxygen atoms in total. The summed E-state index contributed by atoms with van der Waals surface area (Å²) < 4.78 is 14.8. The van der Waals surface area contributed by atoms with Crippen LogP contribution in [-0.2, 0) is 23.8 Å². The smallest absolute Gasteiger partial charge is 0.410 e. The molecule has 0 aliphatic rings. The molecule has 0 rings (SSSR count). The van der Waals surface area contributed by atoms with Gasteiger partial charge in [0, 0.05) is 6.54 Å². The van der Waals surface area contributed by atoms with Crippen molar-refractivity contribution in [1.82, 2.24) is 4.90 Å². The first-order valence-electron chi connectivity index (χ1n) is 6.98. The highest BCUT2D eigenvalue weighted by molar-refractivity contribution is 5.79. The lowest BCUT2D eigenvalue weighted by Gasteiger charge is -2.26. The number of amides is 1. The molecule has 0 aliphatic carbocycles. The predicted molar refractivity (Wildman–Crippen MR) is 75.7 cm³/mol. The van der Waals surface area contributed by atoms with Gasteiger partial charge >= 0.3 is 18.0 Å². The van der Waals surface area contributed by atoms with E-state index in [0.717, 1.165) is 4.90 Å². The highest BCUT2D eigenvalue weighted by atomic mass is 16.6. The van der Waals surface area contributed by atoms with E-state index in [2.05, 4.69) is 0 Å². The molecular weight excluding hydrogens is 278 g/mol. The van der Waals surface area contributed by atoms with Gasteiger partial charge in [0.25, 0.3) is 0 Å². The van der Waals surface area contributed by atoms with Crippen molar-refractivity contribution in [2.45, 2.75) is 46.6 Å². The summed E-state index contributed by atoms with van der Waals surface area (Å²) in [6, 6.07) is 0. The van der Waals surface area contributed by atoms with Gasteiger partial charge in [0.1, 0.15) is 12.1 Å². The van der Waals surface area contributed by atoms with Gasteiger partial charge in [-0.05, 0) is 34.6 Å². The molecule has 0 N–H and O–H groups in total. The molecule has 1 amide bonds. The molecule has 7 heteroatoms. The van der Waals surface area contributed by atoms with Crippen molar-refractivity contribution < 1.29 is 28.6 Å². The molecule has 0 radical (unpaired) electrons. The van der Waals surface area contributed by atoms with E-state index in [1.807, 2.05) is 0 Å². The normalized spacial score (nSPS) is 10.7. The van der Waals surface area contributed by atoms with E-state index in [-0.39, 0.29) is 32.7 Å². The van der Waals surface area contributed by atoms with Gasteiger partial charge in [0.2, 0.25) is 0 Å². The number of rotatable bonds is 7. The molecule has 122 valence electrons. The molecule has 0 atom stereocenters. The Labute approximate surface area is 125 Å². The Bertz CT molecular complexity index is 361. The van der Waals surface area contributed by atoms with Crippen LogP contribution in [-0.4, -0.2) is 54.8 Å². The Balaban J connectivity index is 4.64. The summed E-state index contributed by atoms with van der Waals surface area (Å²) in [6.45, 7) is 8.80. The fraction of sp³-hybridized carbons (Fsp3) is 0.786. The van der Waals surface area contributed by atoms with Crippen LogP contribution in [0.25, 0.3) is 0 Å². The Kier molecular flexibility index (Phi) is 8.42. The molecule has 0 spiro atoms. The Hall–Kier alpha value is -1.79. The molecule has 0 aromatic rings. The maximum absolute atomic E-state index is 12.0. The van der Waals surface area contributed by atoms with Gasteiger partial charge in [0.15, 0.2) is 0 Å². The molecule has 0 aliphatic heterocycles. The van der Waals surface area contributed by atoms with Gasteiger partial charge in [-0.3, -0.25) is 14.5 Å². The van der Waals surface area contributed by atoms with Gasteiger partial charge in [0.05, 0.1) is 19.6 Å². The van der Waals surface area contributed by atoms with E-state index < -0.39 is 23.6 Å². The Morgan fingerprint density at radius 3 is 1.95 bits per heavy atom. The minimum absolute atomic E-state index is 0.00745. The summed E-state index contributed by atoms with van der Waals surface area (Å²) >= 11 is 0. The quantitative estimate of drug-likeness (QED) is 0.526. The summed E-state index contributed by atoms with van der Waals surface area (Å²) in [5.41, 5.74) is -0.687. The maximum atomic E-state index is 12.0. The van der Waals surface area contributed by atoms with E-state index in [1.54, 1.807) is 34.6 Å². The highest BCUT2D eigenvalue weighted by Gasteiger charge is 2.25. The van der Waals surface area contributed by atoms with Crippen molar-refractivity contribution in [2.75, 3.05) is 26.3 Å². The largest absolute Gasteiger partial charge is 0.466 e. The lowest BCUT2D eigenvalue weighted by molar-refractivity contribution is -0.146. The van der Waals surface area contributed by atoms with Gasteiger partial charge < -0.3 is 14.2 Å². The lowest BCUT2D eigenvalue weighted by atomic mass is 10.2. The zero-order valence-electron chi connectivity index (χ0n) is 13.4. The molecule has 0 aromatic carbocycles. The van der Waals surface area contributed by atoms with Crippen molar-refractivity contribution in [1.29, 1.82) is 0 Å². The van der Waals surface area contributed by atoms with Crippen molar-refractivity contribution in [3.63, 3.8) is 0 Å². The van der Waals surface area contributed by atoms with Gasteiger partial charge in [-0.2, -0.15) is 0 Å². The minimum Gasteiger partial charge on any atom is -0.466 e. The van der Waals surface area contributed by atoms with E-state index in [1.165, 1.54) is 0 Å². The van der Waals surface area contributed by atoms with Crippen LogP contribution in [0, 0.1) is 0 Å². The van der Waals surface area contributed by atoms with E-state index in [9.17, 15) is 14.4 Å². The first-order chi connectivity index (χ1) is 9.69. The van der Waals surface area contributed by atoms with Crippen LogP contribution in [0.4, 0.5) is 4.79 Å². The topological polar surface area (TPSA) is 82.1 Å². The zero-order chi connectivity index (χ0) is 16.5. The molecule has 0 bridgehead atoms. The SMILES string of the molecule is CCOC(=O)CCN(CC(=O)OCC)C(=O)OC(C)(C)C. The molecular formula is C14H25NO6. The molecule has 21 heavy (non-hydrogen) atoms. The number of hydrogen-bond donors (Lipinski definition) is 0. The molecule has 0 saturated carbocycles. The second-order valence-corrected chi connectivity index (χ2v) is 5.26. The number of ether oxygens (including phenoxy) is 3. The first kappa shape index (κ1) is 19.2. The van der Waals surface area contributed by atoms with Crippen LogP contribution >= 0.6 is 0 Å². The number of carbonyl (C=O) groups is 3. The van der Waals surface area contributed by atoms with Crippen molar-refractivity contribution in [3.8, 4) is 0 Å². The fourth-order valence-electron chi connectivity index (χ4n) is 1.38. The van der Waals surface area contributed by atoms with E-state index >= 15 is 0 Å². The van der Waals surface area contributed by atoms with Crippen molar-refractivity contribution in [3.05, 3.63) is 0 Å². The maximum Gasteiger partial charge on any atom is 0.410 e. The Morgan fingerprint density at radius 1 is 0.952 bits per heavy atom. The van der Waals surface area contributed by atoms with Gasteiger partial charge in [-0.15, -0.1) is 0 Å². The standard InChI is InChI=1S/C14H25NO6/c1-6-19-11(16)8-9-15(10-12(17)20-7-2)13(18)21-14(3,4)5/h6-10H2,1-5H3. The van der Waals surface area contributed by atoms with Gasteiger partial charge in [-0.25, -0.2) is 4.79 Å². The number of esters is 2. The van der Waals surface area contributed by atoms with Gasteiger partial charge in [-0.1, -0.05) is 0 Å². The third-order valence-corrected chi connectivity index (χ3v) is 2.17. The van der Waals surface area contributed by atoms with Crippen molar-refractivity contribution >= 4 is 18.0 Å². The molecule has 0 fully saturated rings. The third kappa shape index (κ3) is 9.70. The number of hydrogen-bond acceptors (Lipinski definition) is 6. The Morgan fingerprint density at radius 2 is 1.48 bits per heavy atom. The molecule has 0 heterocycles. The minimum atomic E-state index is -0.687. The highest BCUT2D eigenvalue weighted by Crippen LogP contribution is 2.10.